The number of ether oxygens (including phenoxy) is 1. The number of benzene rings is 3. The second kappa shape index (κ2) is 12.5. The van der Waals surface area contributed by atoms with E-state index >= 15 is 4.39 Å². The van der Waals surface area contributed by atoms with Gasteiger partial charge in [-0.3, -0.25) is 9.48 Å². The van der Waals surface area contributed by atoms with Crippen LogP contribution in [0.1, 0.15) is 17.1 Å². The second-order valence-electron chi connectivity index (χ2n) is 10.5. The highest BCUT2D eigenvalue weighted by Gasteiger charge is 2.42. The molecule has 0 atom stereocenters. The number of primary amides is 1. The van der Waals surface area contributed by atoms with Gasteiger partial charge in [0, 0.05) is 42.5 Å². The smallest absolute Gasteiger partial charge is 0.387 e. The van der Waals surface area contributed by atoms with E-state index in [2.05, 4.69) is 14.8 Å². The number of carbonyl (C=O) groups excluding carboxylic acids is 1. The number of halogens is 6. The van der Waals surface area contributed by atoms with E-state index < -0.39 is 58.0 Å². The summed E-state index contributed by atoms with van der Waals surface area (Å²) in [5.41, 5.74) is 3.60. The molecule has 10 nitrogen and oxygen atoms in total. The average molecular weight is 695 g/mol. The molecule has 0 aliphatic heterocycles. The van der Waals surface area contributed by atoms with Crippen LogP contribution >= 0.6 is 0 Å². The van der Waals surface area contributed by atoms with Gasteiger partial charge in [0.2, 0.25) is 0 Å². The molecule has 0 spiro atoms. The summed E-state index contributed by atoms with van der Waals surface area (Å²) in [7, 11) is -2.66. The summed E-state index contributed by atoms with van der Waals surface area (Å²) in [4.78, 5) is 15.4. The molecule has 0 unspecified atom stereocenters. The molecule has 2 heterocycles. The van der Waals surface area contributed by atoms with Gasteiger partial charge in [-0.15, -0.1) is 0 Å². The molecule has 0 saturated carbocycles. The Morgan fingerprint density at radius 1 is 1.02 bits per heavy atom. The molecule has 0 aliphatic rings. The fourth-order valence-electron chi connectivity index (χ4n) is 5.05. The topological polar surface area (TPSA) is 151 Å². The van der Waals surface area contributed by atoms with Crippen molar-refractivity contribution in [2.75, 3.05) is 6.26 Å². The lowest BCUT2D eigenvalue weighted by Gasteiger charge is -2.15. The third kappa shape index (κ3) is 6.37. The van der Waals surface area contributed by atoms with E-state index in [0.29, 0.717) is 0 Å². The second-order valence-corrected chi connectivity index (χ2v) is 12.5. The minimum absolute atomic E-state index is 0.0149. The molecule has 0 fully saturated rings. The molecular weight excluding hydrogens is 670 g/mol. The maximum atomic E-state index is 15.5. The highest BCUT2D eigenvalue weighted by molar-refractivity contribution is 7.90. The molecule has 17 heteroatoms. The van der Waals surface area contributed by atoms with Gasteiger partial charge in [-0.2, -0.15) is 22.7 Å². The first-order chi connectivity index (χ1) is 22.4. The third-order valence-corrected chi connectivity index (χ3v) is 8.42. The number of rotatable bonds is 10. The minimum Gasteiger partial charge on any atom is -0.440 e. The molecule has 1 amide bonds. The molecule has 5 aromatic rings. The van der Waals surface area contributed by atoms with Crippen LogP contribution in [-0.2, 0) is 34.2 Å². The summed E-state index contributed by atoms with van der Waals surface area (Å²) in [6.07, 6.45) is 0.875. The van der Waals surface area contributed by atoms with Crippen LogP contribution in [0.3, 0.4) is 0 Å². The largest absolute Gasteiger partial charge is 0.440 e. The lowest BCUT2D eigenvalue weighted by Crippen LogP contribution is -2.33. The number of sulfone groups is 1. The van der Waals surface area contributed by atoms with Crippen molar-refractivity contribution in [3.05, 3.63) is 83.4 Å². The van der Waals surface area contributed by atoms with Crippen LogP contribution in [0, 0.1) is 18.6 Å². The van der Waals surface area contributed by atoms with E-state index in [-0.39, 0.29) is 61.3 Å². The molecule has 3 N–H and O–H groups in total. The van der Waals surface area contributed by atoms with Crippen LogP contribution in [0.2, 0.25) is 0 Å². The minimum atomic E-state index is -4.16. The first-order valence-electron chi connectivity index (χ1n) is 13.6. The van der Waals surface area contributed by atoms with E-state index in [1.807, 2.05) is 0 Å². The molecular formula is C31H24F6N4O6S. The van der Waals surface area contributed by atoms with Crippen molar-refractivity contribution in [2.24, 2.45) is 12.8 Å². The fourth-order valence-corrected chi connectivity index (χ4v) is 5.98. The number of nitrogens with zero attached hydrogens (tertiary/aromatic N) is 3. The summed E-state index contributed by atoms with van der Waals surface area (Å²) in [5, 5.41) is 13.4. The van der Waals surface area contributed by atoms with E-state index in [4.69, 9.17) is 10.2 Å². The number of nitrogens with two attached hydrogens (primary N) is 1. The molecule has 0 bridgehead atoms. The third-order valence-electron chi connectivity index (χ3n) is 7.24. The van der Waals surface area contributed by atoms with Crippen molar-refractivity contribution in [1.29, 1.82) is 0 Å². The summed E-state index contributed by atoms with van der Waals surface area (Å²) >= 11 is 0. The molecule has 48 heavy (non-hydrogen) atoms. The number of alkyl halides is 4. The SMILES string of the molecule is Cc1nc(-c2ccc(OC(F)F)c(F)c2)c(-c2cc(-c3cc(S(C)(=O)=O)c(CO)cc3F)ccc2-c2cc(C(F)(F)C(N)=O)nn2C)o1. The Morgan fingerprint density at radius 3 is 2.31 bits per heavy atom. The van der Waals surface area contributed by atoms with Gasteiger partial charge in [0.25, 0.3) is 5.91 Å². The van der Waals surface area contributed by atoms with Gasteiger partial charge in [-0.05, 0) is 53.6 Å². The molecule has 0 aliphatic carbocycles. The van der Waals surface area contributed by atoms with Gasteiger partial charge < -0.3 is 20.0 Å². The Kier molecular flexibility index (Phi) is 8.87. The number of aliphatic hydroxyl groups is 1. The zero-order valence-corrected chi connectivity index (χ0v) is 25.9. The Labute approximate surface area is 268 Å². The van der Waals surface area contributed by atoms with Crippen molar-refractivity contribution >= 4 is 15.7 Å². The number of aliphatic hydroxyl groups excluding tert-OH is 1. The van der Waals surface area contributed by atoms with E-state index in [9.17, 15) is 40.3 Å². The first-order valence-corrected chi connectivity index (χ1v) is 15.5. The van der Waals surface area contributed by atoms with Crippen molar-refractivity contribution < 1.29 is 53.8 Å². The van der Waals surface area contributed by atoms with Crippen molar-refractivity contribution in [1.82, 2.24) is 14.8 Å². The molecule has 3 aromatic carbocycles. The van der Waals surface area contributed by atoms with Crippen molar-refractivity contribution in [3.8, 4) is 50.7 Å². The molecule has 5 rings (SSSR count). The molecule has 252 valence electrons. The van der Waals surface area contributed by atoms with Crippen LogP contribution in [0.15, 0.2) is 63.9 Å². The monoisotopic (exact) mass is 694 g/mol. The standard InChI is InChI=1S/C31H24F6N4O6S/c1-14-39-27(16-5-7-24(22(33)9-16)47-30(34)35)28(46-14)20-8-15(19-11-25(48(3,44)45)17(13-42)10-21(19)32)4-6-18(20)23-12-26(40-41(23)2)31(36,37)29(38)43/h4-12,30,42H,13H2,1-3H3,(H2,38,43). The van der Waals surface area contributed by atoms with Gasteiger partial charge in [0.05, 0.1) is 17.2 Å². The van der Waals surface area contributed by atoms with Gasteiger partial charge in [-0.1, -0.05) is 12.1 Å². The zero-order valence-electron chi connectivity index (χ0n) is 25.1. The summed E-state index contributed by atoms with van der Waals surface area (Å²) in [6.45, 7) is -2.65. The van der Waals surface area contributed by atoms with Gasteiger partial charge >= 0.3 is 12.5 Å². The number of hydrogen-bond acceptors (Lipinski definition) is 8. The summed E-state index contributed by atoms with van der Waals surface area (Å²) < 4.78 is 121. The summed E-state index contributed by atoms with van der Waals surface area (Å²) in [5.74, 6) is -9.05. The van der Waals surface area contributed by atoms with Gasteiger partial charge in [0.15, 0.2) is 33.1 Å². The maximum Gasteiger partial charge on any atom is 0.387 e. The fraction of sp³-hybridized carbons (Fsp3) is 0.194. The van der Waals surface area contributed by atoms with Crippen LogP contribution in [-0.4, -0.2) is 47.1 Å². The number of hydrogen-bond donors (Lipinski definition) is 2. The lowest BCUT2D eigenvalue weighted by atomic mass is 9.93. The van der Waals surface area contributed by atoms with E-state index in [1.54, 1.807) is 0 Å². The average Bonchev–Trinajstić information content (AvgIpc) is 3.59. The highest BCUT2D eigenvalue weighted by atomic mass is 32.2. The van der Waals surface area contributed by atoms with E-state index in [0.717, 1.165) is 41.3 Å². The molecule has 0 saturated heterocycles. The predicted octanol–water partition coefficient (Wildman–Crippen LogP) is 5.74. The molecule has 2 aromatic heterocycles. The normalized spacial score (nSPS) is 12.1. The van der Waals surface area contributed by atoms with Gasteiger partial charge in [0.1, 0.15) is 17.2 Å². The lowest BCUT2D eigenvalue weighted by molar-refractivity contribution is -0.143. The Morgan fingerprint density at radius 2 is 1.71 bits per heavy atom. The van der Waals surface area contributed by atoms with Crippen LogP contribution < -0.4 is 10.5 Å². The van der Waals surface area contributed by atoms with Crippen LogP contribution in [0.5, 0.6) is 5.75 Å². The van der Waals surface area contributed by atoms with E-state index in [1.165, 1.54) is 38.2 Å². The highest BCUT2D eigenvalue weighted by Crippen LogP contribution is 2.43. The maximum absolute atomic E-state index is 15.5. The summed E-state index contributed by atoms with van der Waals surface area (Å²) in [6, 6.07) is 9.80. The Balaban J connectivity index is 1.80. The Hall–Kier alpha value is -5.16. The first kappa shape index (κ1) is 34.2. The van der Waals surface area contributed by atoms with Crippen LogP contribution in [0.25, 0.3) is 45.0 Å². The number of aryl methyl sites for hydroxylation is 2. The number of carbonyl (C=O) groups is 1. The number of oxazole rings is 1. The molecule has 0 radical (unpaired) electrons. The number of aromatic nitrogens is 3. The van der Waals surface area contributed by atoms with Crippen molar-refractivity contribution in [2.45, 2.75) is 31.0 Å². The van der Waals surface area contributed by atoms with Crippen molar-refractivity contribution in [3.63, 3.8) is 0 Å². The van der Waals surface area contributed by atoms with Crippen LogP contribution in [0.4, 0.5) is 26.3 Å². The predicted molar refractivity (Wildman–Crippen MR) is 158 cm³/mol. The zero-order chi connectivity index (χ0) is 35.3. The van der Waals surface area contributed by atoms with Gasteiger partial charge in [-0.25, -0.2) is 22.2 Å². The quantitative estimate of drug-likeness (QED) is 0.139. The number of amides is 1. The Bertz CT molecular complexity index is 2180.